The number of fused-ring (bicyclic) bond motifs is 1. The Morgan fingerprint density at radius 2 is 2.10 bits per heavy atom. The van der Waals surface area contributed by atoms with Gasteiger partial charge in [0.15, 0.2) is 5.78 Å². The number of hydrogen-bond acceptors (Lipinski definition) is 3. The Labute approximate surface area is 126 Å². The van der Waals surface area contributed by atoms with Crippen LogP contribution in [0.1, 0.15) is 46.5 Å². The third-order valence-electron chi connectivity index (χ3n) is 6.61. The minimum atomic E-state index is -1.06. The van der Waals surface area contributed by atoms with E-state index in [1.54, 1.807) is 19.1 Å². The van der Waals surface area contributed by atoms with Crippen molar-refractivity contribution in [3.8, 4) is 0 Å². The molecule has 0 amide bonds. The molecule has 0 aromatic carbocycles. The molecule has 5 aliphatic rings. The van der Waals surface area contributed by atoms with E-state index < -0.39 is 5.60 Å². The summed E-state index contributed by atoms with van der Waals surface area (Å²) in [5, 5.41) is 11.3. The summed E-state index contributed by atoms with van der Waals surface area (Å²) in [6.07, 6.45) is 7.59. The number of hydrogen-bond donors (Lipinski definition) is 1. The number of allylic oxidation sites excluding steroid dienone is 2. The summed E-state index contributed by atoms with van der Waals surface area (Å²) in [5.41, 5.74) is 0.645. The zero-order chi connectivity index (χ0) is 15.0. The molecule has 0 aromatic rings. The summed E-state index contributed by atoms with van der Waals surface area (Å²) in [6, 6.07) is 0. The summed E-state index contributed by atoms with van der Waals surface area (Å²) in [4.78, 5) is 12.2. The Morgan fingerprint density at radius 3 is 2.86 bits per heavy atom. The largest absolute Gasteiger partial charge is 0.379 e. The molecule has 1 N–H and O–H groups in total. The van der Waals surface area contributed by atoms with Crippen molar-refractivity contribution in [3.05, 3.63) is 23.3 Å². The van der Waals surface area contributed by atoms with Gasteiger partial charge in [0.2, 0.25) is 0 Å². The van der Waals surface area contributed by atoms with Gasteiger partial charge in [-0.2, -0.15) is 0 Å². The molecular formula is C18H24O3. The first kappa shape index (κ1) is 13.7. The molecule has 2 saturated carbocycles. The number of carbonyl (C=O) groups excluding carboxylic acids is 1. The third kappa shape index (κ3) is 1.54. The van der Waals surface area contributed by atoms with E-state index in [9.17, 15) is 9.90 Å². The fourth-order valence-electron chi connectivity index (χ4n) is 5.56. The number of rotatable bonds is 0. The van der Waals surface area contributed by atoms with Gasteiger partial charge in [0, 0.05) is 5.41 Å². The topological polar surface area (TPSA) is 46.5 Å². The molecule has 2 bridgehead atoms. The molecule has 0 radical (unpaired) electrons. The number of ether oxygens (including phenoxy) is 1. The van der Waals surface area contributed by atoms with Crippen molar-refractivity contribution in [1.29, 1.82) is 0 Å². The molecule has 1 spiro atoms. The number of carbonyl (C=O) groups is 1. The molecule has 3 nitrogen and oxygen atoms in total. The van der Waals surface area contributed by atoms with E-state index in [1.807, 2.05) is 0 Å². The fourth-order valence-corrected chi connectivity index (χ4v) is 5.56. The molecule has 5 rings (SSSR count). The number of aliphatic hydroxyl groups is 1. The van der Waals surface area contributed by atoms with Gasteiger partial charge in [-0.1, -0.05) is 20.3 Å². The lowest BCUT2D eigenvalue weighted by Crippen LogP contribution is -2.67. The highest BCUT2D eigenvalue weighted by atomic mass is 16.5. The van der Waals surface area contributed by atoms with Gasteiger partial charge in [0.25, 0.3) is 0 Å². The monoisotopic (exact) mass is 288 g/mol. The molecule has 4 atom stereocenters. The second-order valence-electron chi connectivity index (χ2n) is 8.16. The maximum atomic E-state index is 12.2. The molecule has 3 heteroatoms. The van der Waals surface area contributed by atoms with Gasteiger partial charge in [-0.3, -0.25) is 4.79 Å². The summed E-state index contributed by atoms with van der Waals surface area (Å²) < 4.78 is 6.04. The summed E-state index contributed by atoms with van der Waals surface area (Å²) >= 11 is 0. The second kappa shape index (κ2) is 3.88. The standard InChI is InChI=1S/C18H24O3/c1-11-9-18(20)14(7-12(11)19)17-6-4-5-16(2,3)13(17)8-15(18)21-10-17/h7,9,13,15,20H,4-6,8,10H2,1-3H3. The maximum absolute atomic E-state index is 12.2. The molecule has 2 saturated heterocycles. The van der Waals surface area contributed by atoms with Crippen LogP contribution in [-0.4, -0.2) is 29.2 Å². The van der Waals surface area contributed by atoms with Crippen molar-refractivity contribution in [1.82, 2.24) is 0 Å². The molecule has 4 unspecified atom stereocenters. The van der Waals surface area contributed by atoms with E-state index in [4.69, 9.17) is 4.74 Å². The lowest BCUT2D eigenvalue weighted by Gasteiger charge is -2.65. The van der Waals surface area contributed by atoms with Gasteiger partial charge in [-0.25, -0.2) is 0 Å². The van der Waals surface area contributed by atoms with Crippen LogP contribution in [0.2, 0.25) is 0 Å². The Bertz CT molecular complexity index is 581. The lowest BCUT2D eigenvalue weighted by molar-refractivity contribution is -0.224. The Hall–Kier alpha value is -0.930. The first-order chi connectivity index (χ1) is 9.80. The van der Waals surface area contributed by atoms with Gasteiger partial charge in [-0.15, -0.1) is 0 Å². The molecular weight excluding hydrogens is 264 g/mol. The molecule has 4 fully saturated rings. The summed E-state index contributed by atoms with van der Waals surface area (Å²) in [7, 11) is 0. The quantitative estimate of drug-likeness (QED) is 0.745. The summed E-state index contributed by atoms with van der Waals surface area (Å²) in [5.74, 6) is 0.558. The van der Waals surface area contributed by atoms with Crippen LogP contribution in [0.5, 0.6) is 0 Å². The van der Waals surface area contributed by atoms with Crippen molar-refractivity contribution in [2.24, 2.45) is 16.7 Å². The lowest BCUT2D eigenvalue weighted by atomic mass is 9.44. The van der Waals surface area contributed by atoms with Gasteiger partial charge in [0.05, 0.1) is 12.7 Å². The highest BCUT2D eigenvalue weighted by Gasteiger charge is 2.66. The zero-order valence-electron chi connectivity index (χ0n) is 13.1. The van der Waals surface area contributed by atoms with Crippen molar-refractivity contribution < 1.29 is 14.6 Å². The summed E-state index contributed by atoms with van der Waals surface area (Å²) in [6.45, 7) is 7.13. The molecule has 21 heavy (non-hydrogen) atoms. The Balaban J connectivity index is 1.90. The highest BCUT2D eigenvalue weighted by molar-refractivity contribution is 6.06. The van der Waals surface area contributed by atoms with E-state index in [2.05, 4.69) is 13.8 Å². The first-order valence-electron chi connectivity index (χ1n) is 8.10. The van der Waals surface area contributed by atoms with Crippen LogP contribution in [0.3, 0.4) is 0 Å². The smallest absolute Gasteiger partial charge is 0.181 e. The first-order valence-corrected chi connectivity index (χ1v) is 8.10. The van der Waals surface area contributed by atoms with E-state index in [-0.39, 0.29) is 22.7 Å². The van der Waals surface area contributed by atoms with E-state index >= 15 is 0 Å². The minimum absolute atomic E-state index is 0.0544. The van der Waals surface area contributed by atoms with Crippen molar-refractivity contribution in [3.63, 3.8) is 0 Å². The molecule has 114 valence electrons. The fraction of sp³-hybridized carbons (Fsp3) is 0.722. The normalized spacial score (nSPS) is 47.3. The van der Waals surface area contributed by atoms with Gasteiger partial charge in [0.1, 0.15) is 5.60 Å². The SMILES string of the molecule is CC1=CC2(O)C(=CC1=O)C13CCCC(C)(C)C1CC2OC3. The van der Waals surface area contributed by atoms with Gasteiger partial charge >= 0.3 is 0 Å². The van der Waals surface area contributed by atoms with Crippen LogP contribution in [0.25, 0.3) is 0 Å². The van der Waals surface area contributed by atoms with E-state index in [0.29, 0.717) is 18.1 Å². The van der Waals surface area contributed by atoms with E-state index in [0.717, 1.165) is 24.8 Å². The Kier molecular flexibility index (Phi) is 2.53. The van der Waals surface area contributed by atoms with Crippen LogP contribution >= 0.6 is 0 Å². The zero-order valence-corrected chi connectivity index (χ0v) is 13.1. The Morgan fingerprint density at radius 1 is 1.33 bits per heavy atom. The molecule has 2 heterocycles. The van der Waals surface area contributed by atoms with E-state index in [1.165, 1.54) is 6.42 Å². The average molecular weight is 288 g/mol. The highest BCUT2D eigenvalue weighted by Crippen LogP contribution is 2.66. The van der Waals surface area contributed by atoms with Crippen LogP contribution in [-0.2, 0) is 9.53 Å². The van der Waals surface area contributed by atoms with Crippen molar-refractivity contribution in [2.75, 3.05) is 6.61 Å². The predicted molar refractivity (Wildman–Crippen MR) is 79.7 cm³/mol. The predicted octanol–water partition coefficient (Wildman–Crippen LogP) is 2.79. The number of ketones is 1. The molecule has 2 aliphatic heterocycles. The molecule has 3 aliphatic carbocycles. The third-order valence-corrected chi connectivity index (χ3v) is 6.61. The van der Waals surface area contributed by atoms with Gasteiger partial charge in [-0.05, 0) is 60.8 Å². The van der Waals surface area contributed by atoms with Crippen LogP contribution in [0.15, 0.2) is 23.3 Å². The van der Waals surface area contributed by atoms with Gasteiger partial charge < -0.3 is 9.84 Å². The van der Waals surface area contributed by atoms with Crippen LogP contribution in [0, 0.1) is 16.7 Å². The van der Waals surface area contributed by atoms with Crippen molar-refractivity contribution >= 4 is 5.78 Å². The average Bonchev–Trinajstić information content (AvgIpc) is 2.41. The maximum Gasteiger partial charge on any atom is 0.181 e. The minimum Gasteiger partial charge on any atom is -0.379 e. The van der Waals surface area contributed by atoms with Crippen LogP contribution < -0.4 is 0 Å². The van der Waals surface area contributed by atoms with Crippen LogP contribution in [0.4, 0.5) is 0 Å². The second-order valence-corrected chi connectivity index (χ2v) is 8.16. The molecule has 0 aromatic heterocycles. The van der Waals surface area contributed by atoms with Crippen molar-refractivity contribution in [2.45, 2.75) is 58.2 Å².